The molecule has 2 N–H and O–H groups in total. The standard InChI is InChI=1S/C36H35N3O2/c37-35(32-9-3-1-4-10-32)26-40-24-28-14-18-30(19-15-28)31-20-16-29(17-21-31)25-41-27-36(33-11-5-2-6-12-33)39-23-34-13-7-8-22-38-34/h1-23,35-36H,24-27,37H2/t35?,36-/m0/s1. The van der Waals surface area contributed by atoms with Crippen molar-refractivity contribution in [2.24, 2.45) is 10.7 Å². The average Bonchev–Trinajstić information content (AvgIpc) is 3.04. The summed E-state index contributed by atoms with van der Waals surface area (Å²) in [5.41, 5.74) is 13.8. The van der Waals surface area contributed by atoms with Gasteiger partial charge in [0.25, 0.3) is 0 Å². The highest BCUT2D eigenvalue weighted by Crippen LogP contribution is 2.22. The number of ether oxygens (including phenoxy) is 2. The fraction of sp³-hybridized carbons (Fsp3) is 0.167. The topological polar surface area (TPSA) is 69.7 Å². The van der Waals surface area contributed by atoms with Crippen LogP contribution in [0.2, 0.25) is 0 Å². The van der Waals surface area contributed by atoms with Crippen molar-refractivity contribution < 1.29 is 9.47 Å². The number of aliphatic imine (C=N–C) groups is 1. The fourth-order valence-electron chi connectivity index (χ4n) is 4.49. The van der Waals surface area contributed by atoms with E-state index in [1.165, 1.54) is 0 Å². The van der Waals surface area contributed by atoms with Crippen LogP contribution in [0.3, 0.4) is 0 Å². The van der Waals surface area contributed by atoms with E-state index in [4.69, 9.17) is 20.2 Å². The molecule has 1 aromatic heterocycles. The number of hydrogen-bond donors (Lipinski definition) is 1. The molecule has 0 aliphatic carbocycles. The number of benzene rings is 4. The highest BCUT2D eigenvalue weighted by atomic mass is 16.5. The van der Waals surface area contributed by atoms with Crippen LogP contribution in [0.15, 0.2) is 139 Å². The number of hydrogen-bond acceptors (Lipinski definition) is 5. The summed E-state index contributed by atoms with van der Waals surface area (Å²) < 4.78 is 12.0. The number of aromatic nitrogens is 1. The monoisotopic (exact) mass is 541 g/mol. The number of pyridine rings is 1. The van der Waals surface area contributed by atoms with Crippen LogP contribution in [0.25, 0.3) is 11.1 Å². The Morgan fingerprint density at radius 2 is 1.15 bits per heavy atom. The molecule has 0 spiro atoms. The third-order valence-electron chi connectivity index (χ3n) is 6.84. The average molecular weight is 542 g/mol. The van der Waals surface area contributed by atoms with Gasteiger partial charge in [0.05, 0.1) is 44.2 Å². The van der Waals surface area contributed by atoms with E-state index in [2.05, 4.69) is 65.6 Å². The van der Waals surface area contributed by atoms with Gasteiger partial charge in [0, 0.05) is 12.4 Å². The van der Waals surface area contributed by atoms with Gasteiger partial charge < -0.3 is 15.2 Å². The summed E-state index contributed by atoms with van der Waals surface area (Å²) in [6, 6.07) is 42.8. The molecule has 5 heteroatoms. The van der Waals surface area contributed by atoms with Gasteiger partial charge in [-0.3, -0.25) is 9.98 Å². The zero-order valence-corrected chi connectivity index (χ0v) is 23.1. The van der Waals surface area contributed by atoms with E-state index in [1.54, 1.807) is 6.20 Å². The van der Waals surface area contributed by atoms with Crippen LogP contribution >= 0.6 is 0 Å². The first-order valence-corrected chi connectivity index (χ1v) is 13.9. The van der Waals surface area contributed by atoms with Crippen LogP contribution in [-0.2, 0) is 22.7 Å². The van der Waals surface area contributed by atoms with Crippen molar-refractivity contribution in [3.05, 3.63) is 162 Å². The summed E-state index contributed by atoms with van der Waals surface area (Å²) >= 11 is 0. The second kappa shape index (κ2) is 14.8. The van der Waals surface area contributed by atoms with E-state index in [0.717, 1.165) is 39.1 Å². The van der Waals surface area contributed by atoms with Crippen LogP contribution in [-0.4, -0.2) is 24.4 Å². The Morgan fingerprint density at radius 3 is 1.71 bits per heavy atom. The van der Waals surface area contributed by atoms with Crippen molar-refractivity contribution in [1.29, 1.82) is 0 Å². The van der Waals surface area contributed by atoms with Crippen molar-refractivity contribution in [3.63, 3.8) is 0 Å². The van der Waals surface area contributed by atoms with E-state index >= 15 is 0 Å². The number of rotatable bonds is 13. The quantitative estimate of drug-likeness (QED) is 0.158. The first kappa shape index (κ1) is 28.1. The van der Waals surface area contributed by atoms with Crippen molar-refractivity contribution in [2.45, 2.75) is 25.3 Å². The normalized spacial score (nSPS) is 12.8. The van der Waals surface area contributed by atoms with Crippen LogP contribution < -0.4 is 5.73 Å². The first-order valence-electron chi connectivity index (χ1n) is 13.9. The minimum atomic E-state index is -0.124. The smallest absolute Gasteiger partial charge is 0.0983 e. The van der Waals surface area contributed by atoms with Gasteiger partial charge in [-0.2, -0.15) is 0 Å². The Bertz CT molecular complexity index is 1470. The van der Waals surface area contributed by atoms with Gasteiger partial charge in [0.1, 0.15) is 0 Å². The molecule has 1 heterocycles. The maximum Gasteiger partial charge on any atom is 0.0983 e. The Balaban J connectivity index is 1.11. The third-order valence-corrected chi connectivity index (χ3v) is 6.84. The number of nitrogens with two attached hydrogens (primary N) is 1. The van der Waals surface area contributed by atoms with Crippen molar-refractivity contribution in [2.75, 3.05) is 13.2 Å². The second-order valence-electron chi connectivity index (χ2n) is 9.90. The van der Waals surface area contributed by atoms with Gasteiger partial charge in [-0.1, -0.05) is 115 Å². The van der Waals surface area contributed by atoms with E-state index in [-0.39, 0.29) is 12.1 Å². The van der Waals surface area contributed by atoms with E-state index in [0.29, 0.717) is 26.4 Å². The molecule has 0 radical (unpaired) electrons. The van der Waals surface area contributed by atoms with Gasteiger partial charge in [0.15, 0.2) is 0 Å². The highest BCUT2D eigenvalue weighted by molar-refractivity contribution is 5.76. The van der Waals surface area contributed by atoms with Gasteiger partial charge in [-0.15, -0.1) is 0 Å². The highest BCUT2D eigenvalue weighted by Gasteiger charge is 2.10. The molecule has 5 rings (SSSR count). The van der Waals surface area contributed by atoms with Crippen LogP contribution in [0, 0.1) is 0 Å². The van der Waals surface area contributed by atoms with Crippen LogP contribution in [0.1, 0.15) is 40.0 Å². The first-order chi connectivity index (χ1) is 20.2. The minimum absolute atomic E-state index is 0.103. The Morgan fingerprint density at radius 1 is 0.610 bits per heavy atom. The minimum Gasteiger partial charge on any atom is -0.375 e. The molecule has 0 fully saturated rings. The van der Waals surface area contributed by atoms with Crippen molar-refractivity contribution in [3.8, 4) is 11.1 Å². The molecule has 41 heavy (non-hydrogen) atoms. The molecule has 206 valence electrons. The lowest BCUT2D eigenvalue weighted by molar-refractivity contribution is 0.108. The van der Waals surface area contributed by atoms with E-state index < -0.39 is 0 Å². The van der Waals surface area contributed by atoms with Gasteiger partial charge in [-0.05, 0) is 45.5 Å². The largest absolute Gasteiger partial charge is 0.375 e. The number of nitrogens with zero attached hydrogens (tertiary/aromatic N) is 2. The maximum atomic E-state index is 6.24. The molecule has 0 bridgehead atoms. The van der Waals surface area contributed by atoms with E-state index in [9.17, 15) is 0 Å². The second-order valence-corrected chi connectivity index (χ2v) is 9.90. The molecule has 1 unspecified atom stereocenters. The molecule has 0 amide bonds. The van der Waals surface area contributed by atoms with Crippen LogP contribution in [0.5, 0.6) is 0 Å². The Labute approximate surface area is 242 Å². The zero-order valence-electron chi connectivity index (χ0n) is 23.1. The molecular weight excluding hydrogens is 506 g/mol. The summed E-state index contributed by atoms with van der Waals surface area (Å²) in [5, 5.41) is 0. The summed E-state index contributed by atoms with van der Waals surface area (Å²) in [6.07, 6.45) is 3.58. The molecule has 5 aromatic rings. The summed E-state index contributed by atoms with van der Waals surface area (Å²) in [4.78, 5) is 9.11. The third kappa shape index (κ3) is 8.53. The SMILES string of the molecule is NC(COCc1ccc(-c2ccc(COC[C@H](N=Cc3ccccn3)c3ccccc3)cc2)cc1)c1ccccc1. The molecule has 0 aliphatic heterocycles. The molecule has 5 nitrogen and oxygen atoms in total. The molecule has 0 saturated carbocycles. The van der Waals surface area contributed by atoms with Gasteiger partial charge >= 0.3 is 0 Å². The molecule has 2 atom stereocenters. The zero-order chi connectivity index (χ0) is 28.1. The molecular formula is C36H35N3O2. The van der Waals surface area contributed by atoms with Gasteiger partial charge in [-0.25, -0.2) is 0 Å². The predicted octanol–water partition coefficient (Wildman–Crippen LogP) is 7.34. The lowest BCUT2D eigenvalue weighted by Crippen LogP contribution is -2.16. The van der Waals surface area contributed by atoms with Crippen LogP contribution in [0.4, 0.5) is 0 Å². The maximum absolute atomic E-state index is 6.24. The predicted molar refractivity (Wildman–Crippen MR) is 166 cm³/mol. The molecule has 4 aromatic carbocycles. The Kier molecular flexibility index (Phi) is 10.2. The summed E-state index contributed by atoms with van der Waals surface area (Å²) in [5.74, 6) is 0. The fourth-order valence-corrected chi connectivity index (χ4v) is 4.49. The summed E-state index contributed by atoms with van der Waals surface area (Å²) in [7, 11) is 0. The lowest BCUT2D eigenvalue weighted by Gasteiger charge is -2.14. The van der Waals surface area contributed by atoms with Gasteiger partial charge in [0.2, 0.25) is 0 Å². The van der Waals surface area contributed by atoms with Crippen molar-refractivity contribution in [1.82, 2.24) is 4.98 Å². The molecule has 0 saturated heterocycles. The Hall–Kier alpha value is -4.42. The molecule has 0 aliphatic rings. The van der Waals surface area contributed by atoms with E-state index in [1.807, 2.05) is 72.9 Å². The van der Waals surface area contributed by atoms with Crippen molar-refractivity contribution >= 4 is 6.21 Å². The summed E-state index contributed by atoms with van der Waals surface area (Å²) in [6.45, 7) is 2.02. The lowest BCUT2D eigenvalue weighted by atomic mass is 10.0.